The van der Waals surface area contributed by atoms with Crippen molar-refractivity contribution in [3.63, 3.8) is 0 Å². The third-order valence-corrected chi connectivity index (χ3v) is 4.32. The highest BCUT2D eigenvalue weighted by Gasteiger charge is 2.26. The van der Waals surface area contributed by atoms with Gasteiger partial charge in [-0.1, -0.05) is 5.21 Å². The number of nitrogens with zero attached hydrogens (tertiary/aromatic N) is 5. The maximum absolute atomic E-state index is 12.3. The summed E-state index contributed by atoms with van der Waals surface area (Å²) in [6.45, 7) is 1.92. The Morgan fingerprint density at radius 2 is 2.17 bits per heavy atom. The molecule has 1 aromatic heterocycles. The number of carbonyl (C=O) groups excluding carboxylic acids is 2. The van der Waals surface area contributed by atoms with Gasteiger partial charge in [-0.2, -0.15) is 0 Å². The summed E-state index contributed by atoms with van der Waals surface area (Å²) in [5.74, 6) is -0.00102. The van der Waals surface area contributed by atoms with Crippen molar-refractivity contribution in [3.8, 4) is 0 Å². The number of hydrogen-bond acceptors (Lipinski definition) is 5. The summed E-state index contributed by atoms with van der Waals surface area (Å²) in [4.78, 5) is 27.6. The van der Waals surface area contributed by atoms with E-state index in [-0.39, 0.29) is 17.9 Å². The van der Waals surface area contributed by atoms with E-state index in [2.05, 4.69) is 10.3 Å². The molecular formula is C16H27N5O3. The lowest BCUT2D eigenvalue weighted by Gasteiger charge is -2.36. The first-order valence-corrected chi connectivity index (χ1v) is 8.43. The molecule has 0 spiro atoms. The Balaban J connectivity index is 1.91. The summed E-state index contributed by atoms with van der Waals surface area (Å²) in [5.41, 5.74) is 0.344. The highest BCUT2D eigenvalue weighted by molar-refractivity contribution is 5.91. The fourth-order valence-electron chi connectivity index (χ4n) is 2.98. The van der Waals surface area contributed by atoms with Crippen LogP contribution in [0, 0.1) is 0 Å². The summed E-state index contributed by atoms with van der Waals surface area (Å²) < 4.78 is 6.69. The lowest BCUT2D eigenvalue weighted by molar-refractivity contribution is -0.136. The van der Waals surface area contributed by atoms with Gasteiger partial charge in [0.2, 0.25) is 5.91 Å². The van der Waals surface area contributed by atoms with Gasteiger partial charge in [-0.25, -0.2) is 0 Å². The molecule has 134 valence electrons. The molecule has 0 bridgehead atoms. The van der Waals surface area contributed by atoms with Crippen LogP contribution in [0.25, 0.3) is 0 Å². The number of ether oxygens (including phenoxy) is 1. The number of aromatic nitrogens is 3. The van der Waals surface area contributed by atoms with Crippen LogP contribution < -0.4 is 0 Å². The molecule has 8 nitrogen and oxygen atoms in total. The topological polar surface area (TPSA) is 80.6 Å². The predicted molar refractivity (Wildman–Crippen MR) is 88.5 cm³/mol. The molecule has 1 aromatic rings. The van der Waals surface area contributed by atoms with Gasteiger partial charge >= 0.3 is 0 Å². The van der Waals surface area contributed by atoms with Crippen LogP contribution in [-0.4, -0.2) is 77.0 Å². The average molecular weight is 337 g/mol. The van der Waals surface area contributed by atoms with E-state index < -0.39 is 0 Å². The highest BCUT2D eigenvalue weighted by Crippen LogP contribution is 2.21. The van der Waals surface area contributed by atoms with Gasteiger partial charge in [0.05, 0.1) is 19.2 Å². The third-order valence-electron chi connectivity index (χ3n) is 4.32. The Hall–Kier alpha value is -1.96. The molecule has 2 amide bonds. The summed E-state index contributed by atoms with van der Waals surface area (Å²) in [6.07, 6.45) is 6.12. The van der Waals surface area contributed by atoms with Crippen LogP contribution in [0.15, 0.2) is 6.20 Å². The summed E-state index contributed by atoms with van der Waals surface area (Å²) >= 11 is 0. The van der Waals surface area contributed by atoms with Crippen molar-refractivity contribution < 1.29 is 14.3 Å². The number of likely N-dealkylation sites (tertiary alicyclic amines) is 1. The second-order valence-electron chi connectivity index (χ2n) is 6.33. The van der Waals surface area contributed by atoms with Crippen LogP contribution >= 0.6 is 0 Å². The number of rotatable bonds is 7. The first-order valence-electron chi connectivity index (χ1n) is 8.43. The Kier molecular flexibility index (Phi) is 6.72. The molecule has 24 heavy (non-hydrogen) atoms. The number of amides is 2. The molecule has 2 heterocycles. The van der Waals surface area contributed by atoms with Gasteiger partial charge < -0.3 is 14.5 Å². The first-order chi connectivity index (χ1) is 11.5. The zero-order valence-electron chi connectivity index (χ0n) is 14.8. The SMILES string of the molecule is COCCC(=O)N1CCCCC1CCn1cc(C(=O)N(C)C)nn1. The van der Waals surface area contributed by atoms with Gasteiger partial charge in [0, 0.05) is 40.3 Å². The molecule has 1 atom stereocenters. The minimum Gasteiger partial charge on any atom is -0.384 e. The van der Waals surface area contributed by atoms with E-state index in [1.54, 1.807) is 32.1 Å². The molecular weight excluding hydrogens is 310 g/mol. The summed E-state index contributed by atoms with van der Waals surface area (Å²) in [5, 5.41) is 7.94. The maximum atomic E-state index is 12.3. The van der Waals surface area contributed by atoms with Crippen LogP contribution in [0.3, 0.4) is 0 Å². The van der Waals surface area contributed by atoms with Gasteiger partial charge in [0.25, 0.3) is 5.91 Å². The van der Waals surface area contributed by atoms with Crippen molar-refractivity contribution in [2.75, 3.05) is 34.4 Å². The molecule has 0 N–H and O–H groups in total. The van der Waals surface area contributed by atoms with Crippen LogP contribution in [0.4, 0.5) is 0 Å². The lowest BCUT2D eigenvalue weighted by Crippen LogP contribution is -2.44. The minimum atomic E-state index is -0.157. The van der Waals surface area contributed by atoms with Crippen molar-refractivity contribution >= 4 is 11.8 Å². The van der Waals surface area contributed by atoms with Crippen molar-refractivity contribution in [2.24, 2.45) is 0 Å². The van der Waals surface area contributed by atoms with Gasteiger partial charge in [-0.3, -0.25) is 14.3 Å². The van der Waals surface area contributed by atoms with Crippen molar-refractivity contribution in [3.05, 3.63) is 11.9 Å². The molecule has 0 aliphatic carbocycles. The van der Waals surface area contributed by atoms with Gasteiger partial charge in [0.15, 0.2) is 5.69 Å². The number of carbonyl (C=O) groups is 2. The molecule has 2 rings (SSSR count). The van der Waals surface area contributed by atoms with E-state index >= 15 is 0 Å². The van der Waals surface area contributed by atoms with Gasteiger partial charge in [-0.05, 0) is 25.7 Å². The second kappa shape index (κ2) is 8.77. The molecule has 1 fully saturated rings. The smallest absolute Gasteiger partial charge is 0.275 e. The normalized spacial score (nSPS) is 17.8. The Morgan fingerprint density at radius 1 is 1.38 bits per heavy atom. The quantitative estimate of drug-likeness (QED) is 0.735. The number of hydrogen-bond donors (Lipinski definition) is 0. The Morgan fingerprint density at radius 3 is 2.88 bits per heavy atom. The number of aryl methyl sites for hydroxylation is 1. The molecule has 0 radical (unpaired) electrons. The number of methoxy groups -OCH3 is 1. The van der Waals surface area contributed by atoms with Gasteiger partial charge in [-0.15, -0.1) is 5.10 Å². The monoisotopic (exact) mass is 337 g/mol. The maximum Gasteiger partial charge on any atom is 0.275 e. The molecule has 1 aliphatic heterocycles. The van der Waals surface area contributed by atoms with Crippen LogP contribution in [0.5, 0.6) is 0 Å². The molecule has 1 saturated heterocycles. The molecule has 0 aromatic carbocycles. The molecule has 1 unspecified atom stereocenters. The van der Waals surface area contributed by atoms with E-state index in [1.165, 1.54) is 4.90 Å². The largest absolute Gasteiger partial charge is 0.384 e. The van der Waals surface area contributed by atoms with Crippen molar-refractivity contribution in [2.45, 2.75) is 44.7 Å². The van der Waals surface area contributed by atoms with Crippen LogP contribution in [0.1, 0.15) is 42.6 Å². The Bertz CT molecular complexity index is 558. The molecule has 1 aliphatic rings. The highest BCUT2D eigenvalue weighted by atomic mass is 16.5. The first kappa shape index (κ1) is 18.4. The van der Waals surface area contributed by atoms with Gasteiger partial charge in [0.1, 0.15) is 0 Å². The molecule has 0 saturated carbocycles. The van der Waals surface area contributed by atoms with Crippen molar-refractivity contribution in [1.29, 1.82) is 0 Å². The summed E-state index contributed by atoms with van der Waals surface area (Å²) in [7, 11) is 4.98. The fourth-order valence-corrected chi connectivity index (χ4v) is 2.98. The average Bonchev–Trinajstić information content (AvgIpc) is 3.06. The molecule has 8 heteroatoms. The van der Waals surface area contributed by atoms with E-state index in [9.17, 15) is 9.59 Å². The van der Waals surface area contributed by atoms with E-state index in [4.69, 9.17) is 4.74 Å². The predicted octanol–water partition coefficient (Wildman–Crippen LogP) is 0.788. The number of piperidine rings is 1. The van der Waals surface area contributed by atoms with Crippen LogP contribution in [-0.2, 0) is 16.1 Å². The third kappa shape index (κ3) is 4.77. The zero-order chi connectivity index (χ0) is 17.5. The zero-order valence-corrected chi connectivity index (χ0v) is 14.8. The summed E-state index contributed by atoms with van der Waals surface area (Å²) in [6, 6.07) is 0.223. The van der Waals surface area contributed by atoms with Crippen molar-refractivity contribution in [1.82, 2.24) is 24.8 Å². The lowest BCUT2D eigenvalue weighted by atomic mass is 9.99. The van der Waals surface area contributed by atoms with E-state index in [0.29, 0.717) is 25.3 Å². The van der Waals surface area contributed by atoms with Crippen LogP contribution in [0.2, 0.25) is 0 Å². The Labute approximate surface area is 142 Å². The van der Waals surface area contributed by atoms with E-state index in [1.807, 2.05) is 4.90 Å². The second-order valence-corrected chi connectivity index (χ2v) is 6.33. The minimum absolute atomic E-state index is 0.156. The standard InChI is InChI=1S/C16H27N5O3/c1-19(2)16(23)14-12-20(18-17-14)10-7-13-6-4-5-9-21(13)15(22)8-11-24-3/h12-13H,4-11H2,1-3H3. The fraction of sp³-hybridized carbons (Fsp3) is 0.750. The van der Waals surface area contributed by atoms with E-state index in [0.717, 1.165) is 32.2 Å².